The predicted octanol–water partition coefficient (Wildman–Crippen LogP) is 3.60. The Morgan fingerprint density at radius 1 is 1.16 bits per heavy atom. The maximum absolute atomic E-state index is 4.72. The third-order valence-electron chi connectivity index (χ3n) is 4.63. The summed E-state index contributed by atoms with van der Waals surface area (Å²) in [5.41, 5.74) is 1.02. The van der Waals surface area contributed by atoms with Gasteiger partial charge in [-0.15, -0.1) is 0 Å². The van der Waals surface area contributed by atoms with Gasteiger partial charge in [0.05, 0.1) is 0 Å². The highest BCUT2D eigenvalue weighted by atomic mass is 15.3. The molecule has 0 radical (unpaired) electrons. The summed E-state index contributed by atoms with van der Waals surface area (Å²) in [6.45, 7) is 10.4. The number of piperidine rings is 1. The Morgan fingerprint density at radius 2 is 1.96 bits per heavy atom. The summed E-state index contributed by atoms with van der Waals surface area (Å²) < 4.78 is 2.25. The van der Waals surface area contributed by atoms with Gasteiger partial charge in [-0.1, -0.05) is 13.8 Å². The van der Waals surface area contributed by atoms with Crippen LogP contribution in [0.1, 0.15) is 57.0 Å². The number of aryl methyl sites for hydroxylation is 2. The summed E-state index contributed by atoms with van der Waals surface area (Å²) in [4.78, 5) is 16.1. The molecule has 0 spiro atoms. The fraction of sp³-hybridized carbons (Fsp3) is 0.632. The molecule has 0 saturated carbocycles. The van der Waals surface area contributed by atoms with Crippen LogP contribution in [0.15, 0.2) is 18.5 Å². The van der Waals surface area contributed by atoms with E-state index < -0.39 is 0 Å². The molecule has 0 aromatic carbocycles. The molecule has 0 unspecified atom stereocenters. The summed E-state index contributed by atoms with van der Waals surface area (Å²) in [5.74, 6) is 3.42. The smallest absolute Gasteiger partial charge is 0.227 e. The molecule has 136 valence electrons. The normalized spacial score (nSPS) is 15.0. The zero-order chi connectivity index (χ0) is 17.6. The molecule has 3 rings (SSSR count). The molecule has 25 heavy (non-hydrogen) atoms. The first-order valence-electron chi connectivity index (χ1n) is 9.49. The highest BCUT2D eigenvalue weighted by Gasteiger charge is 2.14. The molecule has 2 aromatic rings. The van der Waals surface area contributed by atoms with Gasteiger partial charge in [-0.3, -0.25) is 0 Å². The molecular weight excluding hydrogens is 312 g/mol. The molecule has 1 fully saturated rings. The number of imidazole rings is 1. The predicted molar refractivity (Wildman–Crippen MR) is 102 cm³/mol. The number of hydrogen-bond donors (Lipinski definition) is 1. The fourth-order valence-electron chi connectivity index (χ4n) is 3.36. The Hall–Kier alpha value is -2.11. The fourth-order valence-corrected chi connectivity index (χ4v) is 3.36. The van der Waals surface area contributed by atoms with E-state index >= 15 is 0 Å². The first-order chi connectivity index (χ1) is 12.1. The van der Waals surface area contributed by atoms with Crippen molar-refractivity contribution in [1.29, 1.82) is 0 Å². The van der Waals surface area contributed by atoms with Crippen molar-refractivity contribution >= 4 is 11.8 Å². The van der Waals surface area contributed by atoms with Crippen LogP contribution in [-0.4, -0.2) is 39.2 Å². The quantitative estimate of drug-likeness (QED) is 0.779. The van der Waals surface area contributed by atoms with Crippen LogP contribution in [-0.2, 0) is 6.54 Å². The minimum Gasteiger partial charge on any atom is -0.370 e. The van der Waals surface area contributed by atoms with Crippen LogP contribution >= 0.6 is 0 Å². The van der Waals surface area contributed by atoms with Crippen LogP contribution in [0.4, 0.5) is 11.8 Å². The Balaban J connectivity index is 1.54. The molecular formula is C19H30N6. The Labute approximate surface area is 150 Å². The maximum Gasteiger partial charge on any atom is 0.227 e. The summed E-state index contributed by atoms with van der Waals surface area (Å²) in [5, 5.41) is 3.46. The Bertz CT molecular complexity index is 672. The third kappa shape index (κ3) is 4.71. The summed E-state index contributed by atoms with van der Waals surface area (Å²) >= 11 is 0. The second-order valence-electron chi connectivity index (χ2n) is 7.16. The molecule has 1 N–H and O–H groups in total. The lowest BCUT2D eigenvalue weighted by Gasteiger charge is -2.27. The molecule has 1 saturated heterocycles. The highest BCUT2D eigenvalue weighted by molar-refractivity contribution is 5.43. The maximum atomic E-state index is 4.72. The Kier molecular flexibility index (Phi) is 5.89. The summed E-state index contributed by atoms with van der Waals surface area (Å²) in [6, 6.07) is 2.03. The van der Waals surface area contributed by atoms with Crippen molar-refractivity contribution in [2.24, 2.45) is 0 Å². The zero-order valence-electron chi connectivity index (χ0n) is 15.7. The van der Waals surface area contributed by atoms with Crippen molar-refractivity contribution in [1.82, 2.24) is 19.5 Å². The molecule has 2 aromatic heterocycles. The van der Waals surface area contributed by atoms with Crippen LogP contribution in [0, 0.1) is 6.92 Å². The highest BCUT2D eigenvalue weighted by Crippen LogP contribution is 2.18. The molecule has 6 heteroatoms. The van der Waals surface area contributed by atoms with E-state index in [-0.39, 0.29) is 0 Å². The van der Waals surface area contributed by atoms with Crippen molar-refractivity contribution in [2.75, 3.05) is 29.9 Å². The van der Waals surface area contributed by atoms with Crippen molar-refractivity contribution in [3.05, 3.63) is 30.0 Å². The van der Waals surface area contributed by atoms with Crippen LogP contribution in [0.2, 0.25) is 0 Å². The number of aromatic nitrogens is 4. The molecule has 0 bridgehead atoms. The Morgan fingerprint density at radius 3 is 2.72 bits per heavy atom. The van der Waals surface area contributed by atoms with Crippen LogP contribution in [0.3, 0.4) is 0 Å². The van der Waals surface area contributed by atoms with Gasteiger partial charge in [0.1, 0.15) is 11.6 Å². The molecule has 1 aliphatic rings. The molecule has 0 atom stereocenters. The number of hydrogen-bond acceptors (Lipinski definition) is 5. The largest absolute Gasteiger partial charge is 0.370 e. The average Bonchev–Trinajstić information content (AvgIpc) is 3.08. The van der Waals surface area contributed by atoms with E-state index in [1.54, 1.807) is 0 Å². The van der Waals surface area contributed by atoms with Crippen LogP contribution in [0.5, 0.6) is 0 Å². The van der Waals surface area contributed by atoms with Gasteiger partial charge in [-0.25, -0.2) is 9.97 Å². The molecule has 3 heterocycles. The standard InChI is InChI=1S/C19H30N6/c1-15(2)18-21-9-13-24(18)12-7-8-20-17-14-16(3)22-19(23-17)25-10-5-4-6-11-25/h9,13-15H,4-8,10-12H2,1-3H3,(H,20,22,23). The first-order valence-corrected chi connectivity index (χ1v) is 9.49. The van der Waals surface area contributed by atoms with E-state index in [9.17, 15) is 0 Å². The SMILES string of the molecule is Cc1cc(NCCCn2ccnc2C(C)C)nc(N2CCCCC2)n1. The van der Waals surface area contributed by atoms with Crippen LogP contribution in [0.25, 0.3) is 0 Å². The minimum atomic E-state index is 0.458. The van der Waals surface area contributed by atoms with Gasteiger partial charge < -0.3 is 14.8 Å². The lowest BCUT2D eigenvalue weighted by molar-refractivity contribution is 0.567. The van der Waals surface area contributed by atoms with E-state index in [4.69, 9.17) is 4.98 Å². The van der Waals surface area contributed by atoms with E-state index in [0.29, 0.717) is 5.92 Å². The minimum absolute atomic E-state index is 0.458. The average molecular weight is 342 g/mol. The molecule has 0 amide bonds. The van der Waals surface area contributed by atoms with Crippen molar-refractivity contribution in [3.8, 4) is 0 Å². The lowest BCUT2D eigenvalue weighted by atomic mass is 10.1. The van der Waals surface area contributed by atoms with E-state index in [1.165, 1.54) is 19.3 Å². The number of nitrogens with one attached hydrogen (secondary N) is 1. The van der Waals surface area contributed by atoms with E-state index in [0.717, 1.165) is 55.9 Å². The van der Waals surface area contributed by atoms with Crippen LogP contribution < -0.4 is 10.2 Å². The lowest BCUT2D eigenvalue weighted by Crippen LogP contribution is -2.31. The van der Waals surface area contributed by atoms with Gasteiger partial charge >= 0.3 is 0 Å². The molecule has 0 aliphatic carbocycles. The van der Waals surface area contributed by atoms with Crippen molar-refractivity contribution in [3.63, 3.8) is 0 Å². The van der Waals surface area contributed by atoms with Gasteiger partial charge in [-0.2, -0.15) is 4.98 Å². The number of rotatable bonds is 7. The van der Waals surface area contributed by atoms with Gasteiger partial charge in [0, 0.05) is 56.3 Å². The second kappa shape index (κ2) is 8.32. The molecule has 6 nitrogen and oxygen atoms in total. The first kappa shape index (κ1) is 17.7. The van der Waals surface area contributed by atoms with Crippen molar-refractivity contribution in [2.45, 2.75) is 58.9 Å². The zero-order valence-corrected chi connectivity index (χ0v) is 15.7. The third-order valence-corrected chi connectivity index (χ3v) is 4.63. The van der Waals surface area contributed by atoms with E-state index in [2.05, 4.69) is 44.8 Å². The summed E-state index contributed by atoms with van der Waals surface area (Å²) in [6.07, 6.45) is 8.80. The topological polar surface area (TPSA) is 58.9 Å². The van der Waals surface area contributed by atoms with Gasteiger partial charge in [0.15, 0.2) is 0 Å². The molecule has 1 aliphatic heterocycles. The van der Waals surface area contributed by atoms with E-state index in [1.807, 2.05) is 19.2 Å². The van der Waals surface area contributed by atoms with Gasteiger partial charge in [0.25, 0.3) is 0 Å². The summed E-state index contributed by atoms with van der Waals surface area (Å²) in [7, 11) is 0. The second-order valence-corrected chi connectivity index (χ2v) is 7.16. The number of nitrogens with zero attached hydrogens (tertiary/aromatic N) is 5. The van der Waals surface area contributed by atoms with Crippen molar-refractivity contribution < 1.29 is 0 Å². The number of anilines is 2. The monoisotopic (exact) mass is 342 g/mol. The van der Waals surface area contributed by atoms with Gasteiger partial charge in [0.2, 0.25) is 5.95 Å². The van der Waals surface area contributed by atoms with Gasteiger partial charge in [-0.05, 0) is 32.6 Å².